The number of urea groups is 1. The number of anilines is 7. The summed E-state index contributed by atoms with van der Waals surface area (Å²) < 4.78 is 80.3. The summed E-state index contributed by atoms with van der Waals surface area (Å²) in [4.78, 5) is 50.2. The van der Waals surface area contributed by atoms with Gasteiger partial charge in [-0.3, -0.25) is 39.2 Å². The van der Waals surface area contributed by atoms with Gasteiger partial charge in [0, 0.05) is 126 Å². The third-order valence-corrected chi connectivity index (χ3v) is 15.4. The fraction of sp³-hybridized carbons (Fsp3) is 0.375. The van der Waals surface area contributed by atoms with Crippen molar-refractivity contribution in [2.24, 2.45) is 20.0 Å². The van der Waals surface area contributed by atoms with E-state index in [2.05, 4.69) is 66.8 Å². The molecule has 0 bridgehead atoms. The highest BCUT2D eigenvalue weighted by Gasteiger charge is 2.33. The average molecular weight is 1090 g/mol. The van der Waals surface area contributed by atoms with E-state index in [1.807, 2.05) is 11.1 Å². The highest BCUT2D eigenvalue weighted by Crippen LogP contribution is 2.44. The summed E-state index contributed by atoms with van der Waals surface area (Å²) in [7, 11) is 0.606. The Balaban J connectivity index is 0.847. The lowest BCUT2D eigenvalue weighted by atomic mass is 9.94. The molecule has 25 heteroatoms. The van der Waals surface area contributed by atoms with Gasteiger partial charge >= 0.3 is 12.2 Å². The van der Waals surface area contributed by atoms with Gasteiger partial charge in [-0.1, -0.05) is 0 Å². The van der Waals surface area contributed by atoms with E-state index in [1.54, 1.807) is 79.5 Å². The van der Waals surface area contributed by atoms with Gasteiger partial charge in [0.25, 0.3) is 0 Å². The molecule has 7 aromatic rings. The fourth-order valence-electron chi connectivity index (χ4n) is 9.78. The molecule has 7 heterocycles. The zero-order valence-corrected chi connectivity index (χ0v) is 42.7. The molecule has 3 amide bonds. The topological polar surface area (TPSA) is 197 Å². The van der Waals surface area contributed by atoms with Crippen molar-refractivity contribution in [3.8, 4) is 16.9 Å². The number of carbonyl (C=O) groups excluding carboxylic acids is 2. The van der Waals surface area contributed by atoms with Crippen LogP contribution in [0.4, 0.5) is 62.7 Å². The highest BCUT2D eigenvalue weighted by molar-refractivity contribution is 9.10. The number of carbonyl (C=O) groups is 2. The minimum atomic E-state index is -4.63. The Bertz CT molecular complexity index is 3310. The first-order chi connectivity index (χ1) is 34.8. The number of amides is 3. The normalized spacial score (nSPS) is 16.4. The summed E-state index contributed by atoms with van der Waals surface area (Å²) in [6.45, 7) is 6.64. The standard InChI is InChI=1S/C48H51BrF4N15O4P/c1-63-26-29(23-57-63)30-20-36(59-46-56-24-32(49)44(61-46)58-35-6-5-34-42(55-11-10-54-34)43(35)73(3,4)71)40(72-27-48(51,52)53)22-38(30)66-12-7-28(8-13-66)25-65-15-17-67(18-16-65)39-21-37-31(19-33(39)50)45(62-64(37)2)68-14-9-41(69)60-47(68)70/h5-6,10-11,19-24,26,28H,7-9,12-18,25,27H2,1-4H3,(H,60,69,70)(H2,56,58,59,61). The smallest absolute Gasteiger partial charge is 0.422 e. The van der Waals surface area contributed by atoms with Crippen LogP contribution in [-0.4, -0.2) is 135 Å². The molecule has 3 aliphatic heterocycles. The van der Waals surface area contributed by atoms with Gasteiger partial charge in [0.2, 0.25) is 11.9 Å². The largest absolute Gasteiger partial charge is 0.482 e. The number of hydrogen-bond acceptors (Lipinski definition) is 15. The fourth-order valence-corrected chi connectivity index (χ4v) is 11.5. The third-order valence-electron chi connectivity index (χ3n) is 13.3. The van der Waals surface area contributed by atoms with Crippen molar-refractivity contribution in [2.45, 2.75) is 25.4 Å². The molecule has 3 N–H and O–H groups in total. The van der Waals surface area contributed by atoms with E-state index in [0.717, 1.165) is 24.9 Å². The number of piperidine rings is 1. The van der Waals surface area contributed by atoms with E-state index >= 15 is 4.39 Å². The Morgan fingerprint density at radius 1 is 0.890 bits per heavy atom. The van der Waals surface area contributed by atoms with Gasteiger partial charge < -0.3 is 29.7 Å². The summed E-state index contributed by atoms with van der Waals surface area (Å²) in [6.07, 6.45) is 5.27. The Hall–Kier alpha value is -6.91. The molecule has 3 aliphatic rings. The predicted molar refractivity (Wildman–Crippen MR) is 275 cm³/mol. The van der Waals surface area contributed by atoms with Crippen LogP contribution in [0.15, 0.2) is 71.9 Å². The van der Waals surface area contributed by atoms with Crippen LogP contribution in [0.1, 0.15) is 19.3 Å². The lowest BCUT2D eigenvalue weighted by molar-refractivity contribution is -0.153. The minimum absolute atomic E-state index is 0.0472. The summed E-state index contributed by atoms with van der Waals surface area (Å²) in [5.41, 5.74) is 5.01. The molecule has 10 rings (SSSR count). The second kappa shape index (κ2) is 19.8. The molecule has 4 aromatic heterocycles. The lowest BCUT2D eigenvalue weighted by Crippen LogP contribution is -2.49. The Morgan fingerprint density at radius 3 is 2.36 bits per heavy atom. The number of imide groups is 1. The number of nitrogens with zero attached hydrogens (tertiary/aromatic N) is 12. The molecular formula is C48H51BrF4N15O4P. The molecule has 0 radical (unpaired) electrons. The first-order valence-corrected chi connectivity index (χ1v) is 27.0. The number of alkyl halides is 3. The van der Waals surface area contributed by atoms with Gasteiger partial charge in [0.05, 0.1) is 44.1 Å². The number of piperazine rings is 1. The summed E-state index contributed by atoms with van der Waals surface area (Å²) in [6, 6.07) is 9.47. The first kappa shape index (κ1) is 49.7. The zero-order valence-electron chi connectivity index (χ0n) is 40.3. The Kier molecular flexibility index (Phi) is 13.5. The molecule has 3 saturated heterocycles. The molecule has 0 unspecified atom stereocenters. The van der Waals surface area contributed by atoms with E-state index in [1.165, 1.54) is 23.4 Å². The highest BCUT2D eigenvalue weighted by atomic mass is 79.9. The predicted octanol–water partition coefficient (Wildman–Crippen LogP) is 7.77. The van der Waals surface area contributed by atoms with Crippen molar-refractivity contribution in [2.75, 3.05) is 97.6 Å². The van der Waals surface area contributed by atoms with Crippen LogP contribution in [0, 0.1) is 11.7 Å². The summed E-state index contributed by atoms with van der Waals surface area (Å²) in [5, 5.41) is 18.6. The first-order valence-electron chi connectivity index (χ1n) is 23.6. The van der Waals surface area contributed by atoms with E-state index in [-0.39, 0.29) is 36.3 Å². The number of aromatic nitrogens is 8. The maximum Gasteiger partial charge on any atom is 0.422 e. The molecule has 3 fully saturated rings. The van der Waals surface area contributed by atoms with Crippen molar-refractivity contribution >= 4 is 103 Å². The van der Waals surface area contributed by atoms with Gasteiger partial charge in [-0.25, -0.2) is 14.2 Å². The summed E-state index contributed by atoms with van der Waals surface area (Å²) >= 11 is 3.51. The molecule has 3 aromatic carbocycles. The van der Waals surface area contributed by atoms with E-state index in [0.29, 0.717) is 111 Å². The molecule has 0 aliphatic carbocycles. The SMILES string of the molecule is Cn1cc(-c2cc(Nc3ncc(Br)c(Nc4ccc5nccnc5c4P(C)(C)=O)n3)c(OCC(F)(F)F)cc2N2CCC(CN3CCN(c4cc5c(cc4F)c(N4CCC(=O)NC4=O)nn5C)CC3)CC2)cn1. The number of halogens is 5. The van der Waals surface area contributed by atoms with Crippen molar-refractivity contribution in [3.05, 3.63) is 77.7 Å². The van der Waals surface area contributed by atoms with Gasteiger partial charge in [0.15, 0.2) is 12.4 Å². The van der Waals surface area contributed by atoms with Crippen LogP contribution in [0.25, 0.3) is 33.1 Å². The quantitative estimate of drug-likeness (QED) is 0.0748. The van der Waals surface area contributed by atoms with Gasteiger partial charge in [-0.05, 0) is 78.4 Å². The number of nitrogens with one attached hydrogen (secondary N) is 3. The van der Waals surface area contributed by atoms with Crippen LogP contribution in [0.2, 0.25) is 0 Å². The van der Waals surface area contributed by atoms with Crippen LogP contribution < -0.4 is 40.7 Å². The number of benzene rings is 3. The molecule has 0 atom stereocenters. The minimum Gasteiger partial charge on any atom is -0.482 e. The van der Waals surface area contributed by atoms with Gasteiger partial charge in [-0.2, -0.15) is 28.4 Å². The maximum atomic E-state index is 15.9. The van der Waals surface area contributed by atoms with Gasteiger partial charge in [0.1, 0.15) is 30.0 Å². The number of fused-ring (bicyclic) bond motifs is 2. The number of rotatable bonds is 13. The van der Waals surface area contributed by atoms with E-state index < -0.39 is 31.8 Å². The van der Waals surface area contributed by atoms with Crippen molar-refractivity contribution in [1.29, 1.82) is 0 Å². The second-order valence-corrected chi connectivity index (χ2v) is 22.8. The number of aryl methyl sites for hydroxylation is 2. The molecule has 73 heavy (non-hydrogen) atoms. The maximum absolute atomic E-state index is 15.9. The number of ether oxygens (including phenoxy) is 1. The van der Waals surface area contributed by atoms with Crippen LogP contribution >= 0.6 is 23.1 Å². The second-order valence-electron chi connectivity index (χ2n) is 18.8. The van der Waals surface area contributed by atoms with Crippen LogP contribution in [0.5, 0.6) is 5.75 Å². The third kappa shape index (κ3) is 10.6. The zero-order chi connectivity index (χ0) is 51.3. The number of hydrogen-bond donors (Lipinski definition) is 3. The lowest BCUT2D eigenvalue weighted by Gasteiger charge is -2.40. The molecular weight excluding hydrogens is 1040 g/mol. The van der Waals surface area contributed by atoms with E-state index in [4.69, 9.17) is 9.72 Å². The molecule has 19 nitrogen and oxygen atoms in total. The Morgan fingerprint density at radius 2 is 1.64 bits per heavy atom. The van der Waals surface area contributed by atoms with Crippen molar-refractivity contribution in [1.82, 2.24) is 49.7 Å². The van der Waals surface area contributed by atoms with Crippen LogP contribution in [0.3, 0.4) is 0 Å². The molecule has 0 saturated carbocycles. The van der Waals surface area contributed by atoms with Crippen molar-refractivity contribution in [3.63, 3.8) is 0 Å². The van der Waals surface area contributed by atoms with E-state index in [9.17, 15) is 27.3 Å². The average Bonchev–Trinajstić information content (AvgIpc) is 3.92. The van der Waals surface area contributed by atoms with Crippen LogP contribution in [-0.2, 0) is 23.5 Å². The Labute approximate surface area is 424 Å². The van der Waals surface area contributed by atoms with Gasteiger partial charge in [-0.15, -0.1) is 0 Å². The summed E-state index contributed by atoms with van der Waals surface area (Å²) in [5.74, 6) is 0.142. The molecule has 0 spiro atoms. The monoisotopic (exact) mass is 1090 g/mol. The molecule has 382 valence electrons. The van der Waals surface area contributed by atoms with Crippen molar-refractivity contribution < 1.29 is 36.5 Å².